The van der Waals surface area contributed by atoms with Crippen molar-refractivity contribution in [3.05, 3.63) is 35.6 Å². The van der Waals surface area contributed by atoms with Gasteiger partial charge in [0.2, 0.25) is 0 Å². The lowest BCUT2D eigenvalue weighted by atomic mass is 10.0. The Labute approximate surface area is 126 Å². The van der Waals surface area contributed by atoms with Gasteiger partial charge in [0, 0.05) is 24.2 Å². The molecule has 21 heavy (non-hydrogen) atoms. The zero-order chi connectivity index (χ0) is 15.9. The summed E-state index contributed by atoms with van der Waals surface area (Å²) in [6.07, 6.45) is -0.602. The van der Waals surface area contributed by atoms with E-state index >= 15 is 0 Å². The van der Waals surface area contributed by atoms with Crippen molar-refractivity contribution in [1.29, 1.82) is 0 Å². The van der Waals surface area contributed by atoms with E-state index in [2.05, 4.69) is 24.1 Å². The van der Waals surface area contributed by atoms with Crippen LogP contribution in [-0.4, -0.2) is 55.4 Å². The largest absolute Gasteiger partial charge is 0.389 e. The molecule has 5 heteroatoms. The van der Waals surface area contributed by atoms with Gasteiger partial charge in [-0.2, -0.15) is 0 Å². The molecule has 0 spiro atoms. The first-order valence-corrected chi connectivity index (χ1v) is 7.20. The number of rotatable bonds is 9. The highest BCUT2D eigenvalue weighted by Gasteiger charge is 2.20. The van der Waals surface area contributed by atoms with Gasteiger partial charge in [-0.25, -0.2) is 4.39 Å². The van der Waals surface area contributed by atoms with Gasteiger partial charge < -0.3 is 20.1 Å². The van der Waals surface area contributed by atoms with Gasteiger partial charge in [-0.15, -0.1) is 0 Å². The van der Waals surface area contributed by atoms with Crippen molar-refractivity contribution in [2.24, 2.45) is 0 Å². The lowest BCUT2D eigenvalue weighted by Gasteiger charge is -2.33. The average molecular weight is 298 g/mol. The monoisotopic (exact) mass is 298 g/mol. The fourth-order valence-electron chi connectivity index (χ4n) is 1.68. The van der Waals surface area contributed by atoms with Crippen molar-refractivity contribution >= 4 is 0 Å². The van der Waals surface area contributed by atoms with Crippen LogP contribution >= 0.6 is 0 Å². The van der Waals surface area contributed by atoms with Crippen molar-refractivity contribution in [1.82, 2.24) is 10.2 Å². The molecule has 0 aliphatic carbocycles. The number of benzene rings is 1. The number of nitrogens with zero attached hydrogens (tertiary/aromatic N) is 1. The van der Waals surface area contributed by atoms with Crippen LogP contribution in [0.2, 0.25) is 0 Å². The summed E-state index contributed by atoms with van der Waals surface area (Å²) < 4.78 is 18.7. The van der Waals surface area contributed by atoms with E-state index in [0.717, 1.165) is 6.54 Å². The van der Waals surface area contributed by atoms with E-state index in [1.165, 1.54) is 6.07 Å². The summed E-state index contributed by atoms with van der Waals surface area (Å²) in [6.45, 7) is 5.83. The fourth-order valence-corrected chi connectivity index (χ4v) is 1.68. The summed E-state index contributed by atoms with van der Waals surface area (Å²) in [5, 5.41) is 13.1. The van der Waals surface area contributed by atoms with Crippen LogP contribution in [0.5, 0.6) is 0 Å². The Hall–Kier alpha value is -1.01. The van der Waals surface area contributed by atoms with Crippen LogP contribution in [-0.2, 0) is 11.3 Å². The second-order valence-electron chi connectivity index (χ2n) is 6.10. The van der Waals surface area contributed by atoms with E-state index < -0.39 is 6.10 Å². The van der Waals surface area contributed by atoms with Gasteiger partial charge >= 0.3 is 0 Å². The highest BCUT2D eigenvalue weighted by Crippen LogP contribution is 2.08. The summed E-state index contributed by atoms with van der Waals surface area (Å²) in [7, 11) is 4.05. The first kappa shape index (κ1) is 18.0. The third-order valence-electron chi connectivity index (χ3n) is 3.67. The molecule has 1 aromatic rings. The van der Waals surface area contributed by atoms with E-state index in [0.29, 0.717) is 12.1 Å². The van der Waals surface area contributed by atoms with Crippen LogP contribution in [0.3, 0.4) is 0 Å². The van der Waals surface area contributed by atoms with Crippen molar-refractivity contribution < 1.29 is 14.2 Å². The molecular formula is C16H27FN2O2. The maximum Gasteiger partial charge on any atom is 0.128 e. The molecule has 0 aliphatic rings. The quantitative estimate of drug-likeness (QED) is 0.727. The maximum absolute atomic E-state index is 13.4. The zero-order valence-electron chi connectivity index (χ0n) is 13.4. The highest BCUT2D eigenvalue weighted by atomic mass is 19.1. The fraction of sp³-hybridized carbons (Fsp3) is 0.625. The Kier molecular flexibility index (Phi) is 7.25. The Morgan fingerprint density at radius 3 is 2.62 bits per heavy atom. The molecule has 0 aliphatic heterocycles. The first-order valence-electron chi connectivity index (χ1n) is 7.20. The minimum absolute atomic E-state index is 0.0216. The Morgan fingerprint density at radius 2 is 2.00 bits per heavy atom. The molecule has 0 heterocycles. The molecule has 1 aromatic carbocycles. The lowest BCUT2D eigenvalue weighted by Crippen LogP contribution is -2.48. The smallest absolute Gasteiger partial charge is 0.128 e. The summed E-state index contributed by atoms with van der Waals surface area (Å²) in [5.41, 5.74) is 0.527. The molecule has 4 nitrogen and oxygen atoms in total. The molecule has 0 radical (unpaired) electrons. The summed E-state index contributed by atoms with van der Waals surface area (Å²) in [5.74, 6) is -0.280. The molecule has 1 unspecified atom stereocenters. The number of aliphatic hydroxyl groups excluding tert-OH is 1. The number of hydrogen-bond donors (Lipinski definition) is 2. The van der Waals surface area contributed by atoms with Gasteiger partial charge in [-0.05, 0) is 34.0 Å². The molecule has 0 saturated carbocycles. The van der Waals surface area contributed by atoms with Crippen molar-refractivity contribution in [2.45, 2.75) is 32.1 Å². The molecular weight excluding hydrogens is 271 g/mol. The number of halogens is 1. The van der Waals surface area contributed by atoms with Crippen LogP contribution in [0.15, 0.2) is 24.3 Å². The van der Waals surface area contributed by atoms with Crippen LogP contribution in [0.1, 0.15) is 19.4 Å². The molecule has 0 bridgehead atoms. The third kappa shape index (κ3) is 6.52. The summed E-state index contributed by atoms with van der Waals surface area (Å²) >= 11 is 0. The summed E-state index contributed by atoms with van der Waals surface area (Å²) in [4.78, 5) is 2.13. The second kappa shape index (κ2) is 8.44. The number of ether oxygens (including phenoxy) is 1. The van der Waals surface area contributed by atoms with Crippen LogP contribution in [0.25, 0.3) is 0 Å². The van der Waals surface area contributed by atoms with Gasteiger partial charge in [-0.3, -0.25) is 0 Å². The molecule has 120 valence electrons. The molecule has 0 amide bonds. The van der Waals surface area contributed by atoms with Crippen LogP contribution < -0.4 is 5.32 Å². The normalized spacial score (nSPS) is 13.7. The molecule has 0 aromatic heterocycles. The van der Waals surface area contributed by atoms with E-state index in [9.17, 15) is 9.50 Å². The number of hydrogen-bond acceptors (Lipinski definition) is 4. The maximum atomic E-state index is 13.4. The second-order valence-corrected chi connectivity index (χ2v) is 6.10. The minimum atomic E-state index is -0.602. The predicted molar refractivity (Wildman–Crippen MR) is 82.7 cm³/mol. The number of aliphatic hydroxyl groups is 1. The molecule has 1 atom stereocenters. The van der Waals surface area contributed by atoms with Gasteiger partial charge in [0.15, 0.2) is 0 Å². The van der Waals surface area contributed by atoms with Gasteiger partial charge in [-0.1, -0.05) is 18.2 Å². The lowest BCUT2D eigenvalue weighted by molar-refractivity contribution is 0.0263. The minimum Gasteiger partial charge on any atom is -0.389 e. The van der Waals surface area contributed by atoms with Crippen LogP contribution in [0, 0.1) is 5.82 Å². The van der Waals surface area contributed by atoms with Gasteiger partial charge in [0.25, 0.3) is 0 Å². The summed E-state index contributed by atoms with van der Waals surface area (Å²) in [6, 6.07) is 6.49. The molecule has 0 saturated heterocycles. The SMILES string of the molecule is CN(C)C(C)(C)CNCC(O)COCc1ccccc1F. The van der Waals surface area contributed by atoms with Crippen molar-refractivity contribution in [3.63, 3.8) is 0 Å². The predicted octanol–water partition coefficient (Wildman–Crippen LogP) is 1.63. The zero-order valence-corrected chi connectivity index (χ0v) is 13.4. The Balaban J connectivity index is 2.20. The molecule has 1 rings (SSSR count). The van der Waals surface area contributed by atoms with E-state index in [1.54, 1.807) is 18.2 Å². The third-order valence-corrected chi connectivity index (χ3v) is 3.67. The Bertz CT molecular complexity index is 424. The van der Waals surface area contributed by atoms with E-state index in [1.807, 2.05) is 14.1 Å². The average Bonchev–Trinajstić information content (AvgIpc) is 2.40. The molecule has 0 fully saturated rings. The van der Waals surface area contributed by atoms with E-state index in [-0.39, 0.29) is 24.6 Å². The van der Waals surface area contributed by atoms with Crippen molar-refractivity contribution in [3.8, 4) is 0 Å². The van der Waals surface area contributed by atoms with Gasteiger partial charge in [0.05, 0.1) is 19.3 Å². The highest BCUT2D eigenvalue weighted by molar-refractivity contribution is 5.16. The van der Waals surface area contributed by atoms with Crippen LogP contribution in [0.4, 0.5) is 4.39 Å². The van der Waals surface area contributed by atoms with Crippen molar-refractivity contribution in [2.75, 3.05) is 33.8 Å². The van der Waals surface area contributed by atoms with E-state index in [4.69, 9.17) is 4.74 Å². The number of nitrogens with one attached hydrogen (secondary N) is 1. The molecule has 2 N–H and O–H groups in total. The first-order chi connectivity index (χ1) is 9.83. The number of likely N-dealkylation sites (N-methyl/N-ethyl adjacent to an activating group) is 1. The standard InChI is InChI=1S/C16H27FN2O2/c1-16(2,19(3)4)12-18-9-14(20)11-21-10-13-7-5-6-8-15(13)17/h5-8,14,18,20H,9-12H2,1-4H3. The Morgan fingerprint density at radius 1 is 1.33 bits per heavy atom. The van der Waals surface area contributed by atoms with Gasteiger partial charge in [0.1, 0.15) is 5.82 Å². The topological polar surface area (TPSA) is 44.7 Å².